The van der Waals surface area contributed by atoms with Crippen molar-refractivity contribution >= 4 is 11.9 Å². The average Bonchev–Trinajstić information content (AvgIpc) is 2.23. The summed E-state index contributed by atoms with van der Waals surface area (Å²) in [6.45, 7) is 7.67. The van der Waals surface area contributed by atoms with Gasteiger partial charge in [-0.05, 0) is 26.2 Å². The molecule has 2 N–H and O–H groups in total. The monoisotopic (exact) mass is 244 g/mol. The Morgan fingerprint density at radius 2 is 1.76 bits per heavy atom. The Kier molecular flexibility index (Phi) is 6.80. The van der Waals surface area contributed by atoms with Gasteiger partial charge in [0, 0.05) is 6.04 Å². The predicted octanol–water partition coefficient (Wildman–Crippen LogP) is 0.770. The first kappa shape index (κ1) is 15.9. The second kappa shape index (κ2) is 7.27. The van der Waals surface area contributed by atoms with E-state index in [2.05, 4.69) is 4.74 Å². The predicted molar refractivity (Wildman–Crippen MR) is 66.3 cm³/mol. The van der Waals surface area contributed by atoms with Crippen LogP contribution in [-0.2, 0) is 14.3 Å². The van der Waals surface area contributed by atoms with Crippen LogP contribution in [0.5, 0.6) is 0 Å². The molecule has 0 aliphatic rings. The number of rotatable bonds is 6. The van der Waals surface area contributed by atoms with Crippen molar-refractivity contribution in [3.8, 4) is 0 Å². The van der Waals surface area contributed by atoms with Crippen LogP contribution in [0.15, 0.2) is 0 Å². The number of methoxy groups -OCH3 is 1. The molecule has 17 heavy (non-hydrogen) atoms. The molecule has 100 valence electrons. The van der Waals surface area contributed by atoms with Crippen LogP contribution in [0, 0.1) is 5.92 Å². The van der Waals surface area contributed by atoms with Crippen molar-refractivity contribution in [2.24, 2.45) is 11.7 Å². The van der Waals surface area contributed by atoms with E-state index in [9.17, 15) is 9.59 Å². The van der Waals surface area contributed by atoms with Gasteiger partial charge in [0.2, 0.25) is 5.91 Å². The van der Waals surface area contributed by atoms with Crippen LogP contribution >= 0.6 is 0 Å². The first-order valence-electron chi connectivity index (χ1n) is 5.92. The molecule has 0 spiro atoms. The maximum Gasteiger partial charge on any atom is 0.325 e. The second-order valence-electron chi connectivity index (χ2n) is 4.87. The van der Waals surface area contributed by atoms with E-state index in [1.807, 2.05) is 27.7 Å². The highest BCUT2D eigenvalue weighted by molar-refractivity contribution is 5.85. The number of nitrogens with two attached hydrogens (primary N) is 1. The zero-order valence-corrected chi connectivity index (χ0v) is 11.4. The summed E-state index contributed by atoms with van der Waals surface area (Å²) in [7, 11) is 1.30. The van der Waals surface area contributed by atoms with Gasteiger partial charge in [-0.25, -0.2) is 0 Å². The lowest BCUT2D eigenvalue weighted by Gasteiger charge is -2.28. The number of esters is 1. The number of hydrogen-bond donors (Lipinski definition) is 1. The van der Waals surface area contributed by atoms with Gasteiger partial charge in [-0.3, -0.25) is 9.59 Å². The average molecular weight is 244 g/mol. The van der Waals surface area contributed by atoms with Gasteiger partial charge >= 0.3 is 5.97 Å². The molecule has 0 radical (unpaired) electrons. The summed E-state index contributed by atoms with van der Waals surface area (Å²) in [5.41, 5.74) is 5.83. The summed E-state index contributed by atoms with van der Waals surface area (Å²) in [6, 6.07) is -0.623. The summed E-state index contributed by atoms with van der Waals surface area (Å²) in [6.07, 6.45) is 0.614. The number of ether oxygens (including phenoxy) is 1. The third-order valence-electron chi connectivity index (χ3n) is 2.48. The summed E-state index contributed by atoms with van der Waals surface area (Å²) in [4.78, 5) is 24.7. The SMILES string of the molecule is COC(=O)CN(C(=O)C(N)CC(C)C)C(C)C. The van der Waals surface area contributed by atoms with E-state index >= 15 is 0 Å². The molecule has 0 heterocycles. The van der Waals surface area contributed by atoms with Crippen LogP contribution in [-0.4, -0.2) is 42.5 Å². The fourth-order valence-corrected chi connectivity index (χ4v) is 1.54. The van der Waals surface area contributed by atoms with Gasteiger partial charge in [0.05, 0.1) is 13.2 Å². The molecular formula is C12H24N2O3. The van der Waals surface area contributed by atoms with Gasteiger partial charge in [-0.1, -0.05) is 13.8 Å². The number of carbonyl (C=O) groups excluding carboxylic acids is 2. The molecule has 0 aromatic rings. The smallest absolute Gasteiger partial charge is 0.325 e. The topological polar surface area (TPSA) is 72.6 Å². The van der Waals surface area contributed by atoms with Gasteiger partial charge in [-0.15, -0.1) is 0 Å². The van der Waals surface area contributed by atoms with Crippen LogP contribution in [0.3, 0.4) is 0 Å². The Morgan fingerprint density at radius 1 is 1.24 bits per heavy atom. The Balaban J connectivity index is 4.59. The highest BCUT2D eigenvalue weighted by Crippen LogP contribution is 2.08. The van der Waals surface area contributed by atoms with Gasteiger partial charge in [0.1, 0.15) is 6.54 Å². The van der Waals surface area contributed by atoms with Crippen molar-refractivity contribution in [3.05, 3.63) is 0 Å². The van der Waals surface area contributed by atoms with Crippen molar-refractivity contribution < 1.29 is 14.3 Å². The number of amides is 1. The first-order chi connectivity index (χ1) is 7.79. The Bertz CT molecular complexity index is 264. The minimum atomic E-state index is -0.554. The Labute approximate surface area is 103 Å². The van der Waals surface area contributed by atoms with Gasteiger partial charge in [0.25, 0.3) is 0 Å². The van der Waals surface area contributed by atoms with E-state index in [1.54, 1.807) is 0 Å². The molecule has 0 aromatic carbocycles. The van der Waals surface area contributed by atoms with E-state index in [-0.39, 0.29) is 18.5 Å². The maximum atomic E-state index is 12.1. The van der Waals surface area contributed by atoms with Crippen LogP contribution in [0.4, 0.5) is 0 Å². The molecule has 0 rings (SSSR count). The molecule has 0 bridgehead atoms. The number of nitrogens with zero attached hydrogens (tertiary/aromatic N) is 1. The number of carbonyl (C=O) groups is 2. The van der Waals surface area contributed by atoms with Crippen LogP contribution in [0.25, 0.3) is 0 Å². The second-order valence-corrected chi connectivity index (χ2v) is 4.87. The Morgan fingerprint density at radius 3 is 2.12 bits per heavy atom. The summed E-state index contributed by atoms with van der Waals surface area (Å²) < 4.78 is 4.57. The fourth-order valence-electron chi connectivity index (χ4n) is 1.54. The van der Waals surface area contributed by atoms with E-state index in [4.69, 9.17) is 5.73 Å². The van der Waals surface area contributed by atoms with Crippen molar-refractivity contribution in [3.63, 3.8) is 0 Å². The first-order valence-corrected chi connectivity index (χ1v) is 5.92. The van der Waals surface area contributed by atoms with E-state index in [0.717, 1.165) is 0 Å². The Hall–Kier alpha value is -1.10. The zero-order chi connectivity index (χ0) is 13.6. The third kappa shape index (κ3) is 5.68. The molecule has 5 heteroatoms. The lowest BCUT2D eigenvalue weighted by molar-refractivity contribution is -0.148. The van der Waals surface area contributed by atoms with Crippen molar-refractivity contribution in [2.75, 3.05) is 13.7 Å². The highest BCUT2D eigenvalue weighted by Gasteiger charge is 2.25. The molecule has 5 nitrogen and oxygen atoms in total. The molecular weight excluding hydrogens is 220 g/mol. The molecule has 1 atom stereocenters. The highest BCUT2D eigenvalue weighted by atomic mass is 16.5. The standard InChI is InChI=1S/C12H24N2O3/c1-8(2)6-10(13)12(16)14(9(3)4)7-11(15)17-5/h8-10H,6-7,13H2,1-5H3. The quantitative estimate of drug-likeness (QED) is 0.700. The van der Waals surface area contributed by atoms with Crippen molar-refractivity contribution in [1.29, 1.82) is 0 Å². The molecule has 0 aromatic heterocycles. The molecule has 0 aliphatic carbocycles. The fraction of sp³-hybridized carbons (Fsp3) is 0.833. The van der Waals surface area contributed by atoms with Crippen LogP contribution in [0.2, 0.25) is 0 Å². The largest absolute Gasteiger partial charge is 0.468 e. The lowest BCUT2D eigenvalue weighted by atomic mass is 10.0. The van der Waals surface area contributed by atoms with Crippen molar-refractivity contribution in [1.82, 2.24) is 4.90 Å². The molecule has 0 aliphatic heterocycles. The van der Waals surface area contributed by atoms with Gasteiger partial charge < -0.3 is 15.4 Å². The van der Waals surface area contributed by atoms with E-state index in [0.29, 0.717) is 12.3 Å². The molecule has 1 unspecified atom stereocenters. The van der Waals surface area contributed by atoms with Crippen LogP contribution in [0.1, 0.15) is 34.1 Å². The van der Waals surface area contributed by atoms with Gasteiger partial charge in [-0.2, -0.15) is 0 Å². The number of hydrogen-bond acceptors (Lipinski definition) is 4. The molecule has 0 saturated carbocycles. The third-order valence-corrected chi connectivity index (χ3v) is 2.48. The zero-order valence-electron chi connectivity index (χ0n) is 11.4. The molecule has 0 fully saturated rings. The normalized spacial score (nSPS) is 12.7. The summed E-state index contributed by atoms with van der Waals surface area (Å²) in [5, 5.41) is 0. The summed E-state index contributed by atoms with van der Waals surface area (Å²) in [5.74, 6) is -0.274. The van der Waals surface area contributed by atoms with Gasteiger partial charge in [0.15, 0.2) is 0 Å². The van der Waals surface area contributed by atoms with E-state index < -0.39 is 12.0 Å². The maximum absolute atomic E-state index is 12.1. The van der Waals surface area contributed by atoms with Crippen LogP contribution < -0.4 is 5.73 Å². The molecule has 0 saturated heterocycles. The minimum absolute atomic E-state index is 0.0429. The lowest BCUT2D eigenvalue weighted by Crippen LogP contribution is -2.49. The summed E-state index contributed by atoms with van der Waals surface area (Å²) >= 11 is 0. The van der Waals surface area contributed by atoms with Crippen molar-refractivity contribution in [2.45, 2.75) is 46.2 Å². The minimum Gasteiger partial charge on any atom is -0.468 e. The molecule has 1 amide bonds. The van der Waals surface area contributed by atoms with E-state index in [1.165, 1.54) is 12.0 Å².